The lowest BCUT2D eigenvalue weighted by Gasteiger charge is -2.49. The molecule has 8 rings (SSSR count). The molecular weight excluding hydrogens is 927 g/mol. The number of rotatable bonds is 8. The maximum Gasteiger partial charge on any atom is 0.417 e. The number of ether oxygens (including phenoxy) is 2. The summed E-state index contributed by atoms with van der Waals surface area (Å²) in [7, 11) is 2.75. The zero-order chi connectivity index (χ0) is 42.1. The van der Waals surface area contributed by atoms with Crippen LogP contribution in [0.25, 0.3) is 6.08 Å². The van der Waals surface area contributed by atoms with Crippen LogP contribution in [0.3, 0.4) is 0 Å². The number of carbonyl (C=O) groups is 4. The summed E-state index contributed by atoms with van der Waals surface area (Å²) in [6.07, 6.45) is 1.19. The van der Waals surface area contributed by atoms with Crippen LogP contribution in [0, 0.1) is 33.2 Å². The molecule has 4 amide bonds. The number of carbonyl (C=O) groups excluding carboxylic acids is 4. The van der Waals surface area contributed by atoms with Gasteiger partial charge in [0.1, 0.15) is 0 Å². The van der Waals surface area contributed by atoms with E-state index in [1.54, 1.807) is 72.8 Å². The minimum Gasteiger partial charge on any atom is -0.502 e. The number of pyridine rings is 1. The number of benzene rings is 3. The molecule has 1 saturated carbocycles. The number of anilines is 2. The van der Waals surface area contributed by atoms with Gasteiger partial charge < -0.3 is 14.6 Å². The van der Waals surface area contributed by atoms with Crippen molar-refractivity contribution in [3.05, 3.63) is 121 Å². The van der Waals surface area contributed by atoms with E-state index in [-0.39, 0.29) is 41.8 Å². The normalized spacial score (nSPS) is 25.2. The molecule has 17 heteroatoms. The predicted octanol–water partition coefficient (Wildman–Crippen LogP) is 8.47. The summed E-state index contributed by atoms with van der Waals surface area (Å²) in [6, 6.07) is 17.2. The van der Waals surface area contributed by atoms with Crippen molar-refractivity contribution in [2.45, 2.75) is 24.4 Å². The van der Waals surface area contributed by atoms with Crippen molar-refractivity contribution >= 4 is 87.0 Å². The Bertz CT molecular complexity index is 2460. The van der Waals surface area contributed by atoms with Gasteiger partial charge in [0.15, 0.2) is 17.3 Å². The molecule has 4 aliphatic rings. The monoisotopic (exact) mass is 958 g/mol. The van der Waals surface area contributed by atoms with E-state index in [1.807, 2.05) is 6.08 Å². The van der Waals surface area contributed by atoms with Crippen molar-refractivity contribution in [3.63, 3.8) is 0 Å². The number of allylic oxidation sites excluding steroid dienone is 3. The first-order valence-corrected chi connectivity index (χ1v) is 20.0. The maximum atomic E-state index is 15.3. The summed E-state index contributed by atoms with van der Waals surface area (Å²) in [6.45, 7) is 0. The van der Waals surface area contributed by atoms with Crippen LogP contribution in [0.15, 0.2) is 90.7 Å². The van der Waals surface area contributed by atoms with Crippen LogP contribution in [0.2, 0.25) is 10.0 Å². The molecule has 2 aliphatic heterocycles. The number of phenolic OH excluding ortho intramolecular Hbond substituents is 1. The topological polar surface area (TPSA) is 138 Å². The van der Waals surface area contributed by atoms with Crippen LogP contribution in [-0.4, -0.2) is 52.9 Å². The number of nitrogens with one attached hydrogen (secondary N) is 1. The first kappa shape index (κ1) is 40.6. The van der Waals surface area contributed by atoms with Gasteiger partial charge in [-0.05, 0) is 107 Å². The summed E-state index contributed by atoms with van der Waals surface area (Å²) >= 11 is 14.8. The molecule has 2 N–H and O–H groups in total. The number of amides is 4. The van der Waals surface area contributed by atoms with E-state index in [0.29, 0.717) is 39.7 Å². The summed E-state index contributed by atoms with van der Waals surface area (Å²) in [5.41, 5.74) is 1.70. The number of aromatic hydroxyl groups is 1. The standard InChI is InChI=1S/C42H32Cl2F3IN4O7/c1-58-32-15-20(16-33(59-2)35(32)53)3-14-29-26-12-13-27-34(39(56)51(37(27)54)25-10-8-24(48)9-11-25)28(26)18-30-38(55)52(40(57)41(29,30)21-4-6-23(43)7-5-21)50-36-31(44)17-22(19-49-36)42(45,46)47/h3-12,14-17,19,27-30,34,53H,13,18H2,1-2H3,(H,49,50). The molecule has 0 bridgehead atoms. The molecule has 1 aromatic heterocycles. The SMILES string of the molecule is COc1cc(C=CC2C3=CCC4C(=O)N(c5ccc(I)cc5)C(=O)C4C3CC3C(=O)N(Nc4ncc(C(F)(F)F)cc4Cl)C(=O)C23c2ccc(Cl)cc2)cc(OC)c1O. The first-order valence-electron chi connectivity index (χ1n) is 18.2. The molecule has 11 nitrogen and oxygen atoms in total. The number of nitrogens with zero attached hydrogens (tertiary/aromatic N) is 3. The van der Waals surface area contributed by atoms with Gasteiger partial charge in [-0.3, -0.25) is 29.5 Å². The number of aromatic nitrogens is 1. The highest BCUT2D eigenvalue weighted by Gasteiger charge is 2.69. The summed E-state index contributed by atoms with van der Waals surface area (Å²) in [5, 5.41) is 11.2. The number of hydrazine groups is 1. The van der Waals surface area contributed by atoms with Gasteiger partial charge in [0, 0.05) is 20.7 Å². The van der Waals surface area contributed by atoms with Crippen LogP contribution in [0.4, 0.5) is 24.7 Å². The second kappa shape index (κ2) is 15.2. The molecule has 59 heavy (non-hydrogen) atoms. The van der Waals surface area contributed by atoms with Crippen molar-refractivity contribution in [2.24, 2.45) is 29.6 Å². The third-order valence-electron chi connectivity index (χ3n) is 11.7. The summed E-state index contributed by atoms with van der Waals surface area (Å²) in [4.78, 5) is 63.8. The third kappa shape index (κ3) is 6.61. The van der Waals surface area contributed by atoms with Gasteiger partial charge in [0.2, 0.25) is 17.6 Å². The first-order chi connectivity index (χ1) is 28.1. The molecule has 3 aromatic carbocycles. The van der Waals surface area contributed by atoms with E-state index in [2.05, 4.69) is 33.0 Å². The van der Waals surface area contributed by atoms with Crippen molar-refractivity contribution < 1.29 is 46.9 Å². The lowest BCUT2D eigenvalue weighted by atomic mass is 9.50. The number of fused-ring (bicyclic) bond motifs is 4. The second-order valence-electron chi connectivity index (χ2n) is 14.6. The van der Waals surface area contributed by atoms with Crippen LogP contribution in [0.1, 0.15) is 29.5 Å². The molecular formula is C42H32Cl2F3IN4O7. The summed E-state index contributed by atoms with van der Waals surface area (Å²) in [5.74, 6) is -7.21. The van der Waals surface area contributed by atoms with Crippen molar-refractivity contribution in [1.29, 1.82) is 0 Å². The molecule has 0 radical (unpaired) electrons. The van der Waals surface area contributed by atoms with Gasteiger partial charge in [-0.15, -0.1) is 0 Å². The molecule has 3 fully saturated rings. The van der Waals surface area contributed by atoms with Crippen molar-refractivity contribution in [3.8, 4) is 17.2 Å². The fourth-order valence-electron chi connectivity index (χ4n) is 9.09. The molecule has 3 heterocycles. The van der Waals surface area contributed by atoms with Crippen molar-refractivity contribution in [1.82, 2.24) is 9.99 Å². The molecule has 6 unspecified atom stereocenters. The Labute approximate surface area is 358 Å². The molecule has 0 spiro atoms. The lowest BCUT2D eigenvalue weighted by molar-refractivity contribution is -0.139. The average Bonchev–Trinajstić information content (AvgIpc) is 3.59. The van der Waals surface area contributed by atoms with E-state index in [1.165, 1.54) is 19.1 Å². The van der Waals surface area contributed by atoms with E-state index in [9.17, 15) is 32.7 Å². The predicted molar refractivity (Wildman–Crippen MR) is 220 cm³/mol. The second-order valence-corrected chi connectivity index (χ2v) is 16.7. The Morgan fingerprint density at radius 3 is 2.20 bits per heavy atom. The van der Waals surface area contributed by atoms with Gasteiger partial charge >= 0.3 is 6.18 Å². The van der Waals surface area contributed by atoms with Crippen molar-refractivity contribution in [2.75, 3.05) is 24.5 Å². The van der Waals surface area contributed by atoms with E-state index < -0.39 is 69.5 Å². The number of phenols is 1. The Kier molecular flexibility index (Phi) is 10.4. The van der Waals surface area contributed by atoms with E-state index in [0.717, 1.165) is 8.58 Å². The van der Waals surface area contributed by atoms with Gasteiger partial charge in [-0.2, -0.15) is 18.2 Å². The van der Waals surface area contributed by atoms with Gasteiger partial charge in [0.05, 0.1) is 53.7 Å². The van der Waals surface area contributed by atoms with Gasteiger partial charge in [-0.1, -0.05) is 59.1 Å². The minimum atomic E-state index is -4.76. The largest absolute Gasteiger partial charge is 0.502 e. The van der Waals surface area contributed by atoms with Crippen LogP contribution in [-0.2, 0) is 30.8 Å². The third-order valence-corrected chi connectivity index (χ3v) is 12.9. The van der Waals surface area contributed by atoms with E-state index in [4.69, 9.17) is 32.7 Å². The van der Waals surface area contributed by atoms with Gasteiger partial charge in [0.25, 0.3) is 11.8 Å². The average molecular weight is 960 g/mol. The van der Waals surface area contributed by atoms with Crippen LogP contribution < -0.4 is 19.8 Å². The highest BCUT2D eigenvalue weighted by molar-refractivity contribution is 14.1. The number of imide groups is 2. The zero-order valence-electron chi connectivity index (χ0n) is 31.0. The molecule has 2 aliphatic carbocycles. The van der Waals surface area contributed by atoms with Crippen LogP contribution in [0.5, 0.6) is 17.2 Å². The Morgan fingerprint density at radius 1 is 0.932 bits per heavy atom. The number of hydrogen-bond donors (Lipinski definition) is 2. The lowest BCUT2D eigenvalue weighted by Crippen LogP contribution is -2.54. The molecule has 6 atom stereocenters. The highest BCUT2D eigenvalue weighted by Crippen LogP contribution is 2.62. The Hall–Kier alpha value is -5.13. The smallest absolute Gasteiger partial charge is 0.417 e. The van der Waals surface area contributed by atoms with Crippen LogP contribution >= 0.6 is 45.8 Å². The quantitative estimate of drug-likeness (QED) is 0.101. The number of alkyl halides is 3. The minimum absolute atomic E-state index is 0.0443. The molecule has 304 valence electrons. The highest BCUT2D eigenvalue weighted by atomic mass is 127. The van der Waals surface area contributed by atoms with Gasteiger partial charge in [-0.25, -0.2) is 4.98 Å². The number of methoxy groups -OCH3 is 2. The number of halogens is 6. The summed E-state index contributed by atoms with van der Waals surface area (Å²) < 4.78 is 52.3. The molecule has 4 aromatic rings. The fraction of sp³-hybridized carbons (Fsp3) is 0.262. The van der Waals surface area contributed by atoms with E-state index >= 15 is 4.79 Å². The maximum absolute atomic E-state index is 15.3. The zero-order valence-corrected chi connectivity index (χ0v) is 34.6. The Morgan fingerprint density at radius 2 is 1.59 bits per heavy atom. The molecule has 2 saturated heterocycles. The number of hydrogen-bond acceptors (Lipinski definition) is 9. The Balaban J connectivity index is 1.30. The fourth-order valence-corrected chi connectivity index (χ4v) is 9.79.